The number of carbonyl (C=O) groups is 1. The maximum atomic E-state index is 10.8. The van der Waals surface area contributed by atoms with Gasteiger partial charge in [0, 0.05) is 6.42 Å². The third kappa shape index (κ3) is 12.4. The van der Waals surface area contributed by atoms with Gasteiger partial charge in [-0.3, -0.25) is 4.79 Å². The number of unbranched alkanes of at least 4 members (excludes halogenated alkanes) is 5. The lowest BCUT2D eigenvalue weighted by Gasteiger charge is -2.16. The van der Waals surface area contributed by atoms with Crippen molar-refractivity contribution in [1.29, 1.82) is 0 Å². The normalized spacial score (nSPS) is 14.0. The highest BCUT2D eigenvalue weighted by molar-refractivity contribution is 5.68. The first-order valence-corrected chi connectivity index (χ1v) is 8.17. The van der Waals surface area contributed by atoms with E-state index in [-0.39, 0.29) is 12.1 Å². The Balaban J connectivity index is 3.44. The van der Waals surface area contributed by atoms with Crippen molar-refractivity contribution in [3.05, 3.63) is 0 Å². The molecule has 3 N–H and O–H groups in total. The third-order valence-electron chi connectivity index (χ3n) is 3.77. The second-order valence-electron chi connectivity index (χ2n) is 5.93. The predicted molar refractivity (Wildman–Crippen MR) is 81.9 cm³/mol. The smallest absolute Gasteiger partial charge is 0.324 e. The summed E-state index contributed by atoms with van der Waals surface area (Å²) in [4.78, 5) is 15.0. The van der Waals surface area contributed by atoms with E-state index >= 15 is 0 Å². The Kier molecular flexibility index (Phi) is 13.0. The minimum atomic E-state index is -0.343. The van der Waals surface area contributed by atoms with Crippen LogP contribution in [0.15, 0.2) is 0 Å². The molecule has 0 aromatic heterocycles. The minimum absolute atomic E-state index is 0.166. The number of nitrogens with two attached hydrogens (primary N) is 1. The Morgan fingerprint density at radius 1 is 1.10 bits per heavy atom. The minimum Gasteiger partial charge on any atom is -0.393 e. The Morgan fingerprint density at radius 3 is 2.40 bits per heavy atom. The summed E-state index contributed by atoms with van der Waals surface area (Å²) >= 11 is 0. The van der Waals surface area contributed by atoms with Gasteiger partial charge >= 0.3 is 5.97 Å². The maximum Gasteiger partial charge on any atom is 0.324 e. The molecule has 4 heteroatoms. The highest BCUT2D eigenvalue weighted by atomic mass is 16.7. The quantitative estimate of drug-likeness (QED) is 0.400. The number of hydrogen-bond donors (Lipinski definition) is 2. The molecule has 4 nitrogen and oxygen atoms in total. The lowest BCUT2D eigenvalue weighted by Crippen LogP contribution is -2.12. The monoisotopic (exact) mass is 287 g/mol. The van der Waals surface area contributed by atoms with Crippen LogP contribution in [-0.2, 0) is 9.63 Å². The molecule has 0 saturated heterocycles. The van der Waals surface area contributed by atoms with Crippen molar-refractivity contribution in [3.63, 3.8) is 0 Å². The van der Waals surface area contributed by atoms with Crippen molar-refractivity contribution in [1.82, 2.24) is 0 Å². The van der Waals surface area contributed by atoms with Crippen molar-refractivity contribution in [3.8, 4) is 0 Å². The van der Waals surface area contributed by atoms with Crippen LogP contribution in [0.25, 0.3) is 0 Å². The summed E-state index contributed by atoms with van der Waals surface area (Å²) in [6.07, 6.45) is 11.1. The molecule has 0 aliphatic carbocycles. The summed E-state index contributed by atoms with van der Waals surface area (Å²) in [5.74, 6) is 4.94. The van der Waals surface area contributed by atoms with Gasteiger partial charge in [0.25, 0.3) is 0 Å². The zero-order valence-corrected chi connectivity index (χ0v) is 13.3. The highest BCUT2D eigenvalue weighted by Gasteiger charge is 2.10. The number of hydrogen-bond acceptors (Lipinski definition) is 4. The number of rotatable bonds is 13. The summed E-state index contributed by atoms with van der Waals surface area (Å²) in [5, 5.41) is 9.97. The SMILES string of the molecule is CCCCCCCC(O)CC(C)CCCCC(=O)ON. The molecule has 20 heavy (non-hydrogen) atoms. The molecule has 0 spiro atoms. The van der Waals surface area contributed by atoms with Crippen molar-refractivity contribution in [2.75, 3.05) is 0 Å². The van der Waals surface area contributed by atoms with Gasteiger partial charge in [-0.1, -0.05) is 58.8 Å². The van der Waals surface area contributed by atoms with Gasteiger partial charge in [-0.25, -0.2) is 0 Å². The van der Waals surface area contributed by atoms with E-state index in [1.54, 1.807) is 0 Å². The van der Waals surface area contributed by atoms with E-state index < -0.39 is 0 Å². The standard InChI is InChI=1S/C16H33NO3/c1-3-4-5-6-7-11-15(18)13-14(2)10-8-9-12-16(19)20-17/h14-15,18H,3-13,17H2,1-2H3. The highest BCUT2D eigenvalue weighted by Crippen LogP contribution is 2.18. The Labute approximate surface area is 124 Å². The third-order valence-corrected chi connectivity index (χ3v) is 3.77. The van der Waals surface area contributed by atoms with Gasteiger partial charge in [-0.15, -0.1) is 0 Å². The van der Waals surface area contributed by atoms with E-state index in [2.05, 4.69) is 18.7 Å². The molecule has 0 amide bonds. The van der Waals surface area contributed by atoms with Crippen LogP contribution in [0.4, 0.5) is 0 Å². The van der Waals surface area contributed by atoms with Gasteiger partial charge in [-0.2, -0.15) is 5.90 Å². The Morgan fingerprint density at radius 2 is 1.75 bits per heavy atom. The lowest BCUT2D eigenvalue weighted by atomic mass is 9.94. The molecule has 2 atom stereocenters. The molecule has 0 aliphatic rings. The van der Waals surface area contributed by atoms with Crippen LogP contribution in [0.1, 0.15) is 84.5 Å². The molecule has 0 saturated carbocycles. The van der Waals surface area contributed by atoms with Gasteiger partial charge in [0.1, 0.15) is 0 Å². The van der Waals surface area contributed by atoms with Crippen LogP contribution in [-0.4, -0.2) is 17.2 Å². The first-order chi connectivity index (χ1) is 9.60. The molecule has 0 bridgehead atoms. The Bertz CT molecular complexity index is 234. The lowest BCUT2D eigenvalue weighted by molar-refractivity contribution is -0.144. The van der Waals surface area contributed by atoms with Crippen LogP contribution in [0, 0.1) is 5.92 Å². The van der Waals surface area contributed by atoms with Gasteiger partial charge in [0.2, 0.25) is 0 Å². The molecule has 0 aromatic carbocycles. The van der Waals surface area contributed by atoms with Gasteiger partial charge in [0.15, 0.2) is 0 Å². The van der Waals surface area contributed by atoms with E-state index in [1.807, 2.05) is 0 Å². The fourth-order valence-corrected chi connectivity index (χ4v) is 2.50. The zero-order chi connectivity index (χ0) is 15.2. The summed E-state index contributed by atoms with van der Waals surface area (Å²) in [5.41, 5.74) is 0. The van der Waals surface area contributed by atoms with Crippen molar-refractivity contribution in [2.45, 2.75) is 90.6 Å². The molecular formula is C16H33NO3. The van der Waals surface area contributed by atoms with Crippen molar-refractivity contribution < 1.29 is 14.7 Å². The van der Waals surface area contributed by atoms with Crippen molar-refractivity contribution in [2.24, 2.45) is 11.8 Å². The van der Waals surface area contributed by atoms with Crippen molar-refractivity contribution >= 4 is 5.97 Å². The molecular weight excluding hydrogens is 254 g/mol. The second-order valence-corrected chi connectivity index (χ2v) is 5.93. The van der Waals surface area contributed by atoms with E-state index in [0.717, 1.165) is 38.5 Å². The van der Waals surface area contributed by atoms with Crippen LogP contribution in [0.2, 0.25) is 0 Å². The number of carbonyl (C=O) groups excluding carboxylic acids is 1. The molecule has 0 aliphatic heterocycles. The van der Waals surface area contributed by atoms with Crippen LogP contribution in [0.5, 0.6) is 0 Å². The van der Waals surface area contributed by atoms with Gasteiger partial charge < -0.3 is 9.94 Å². The summed E-state index contributed by atoms with van der Waals surface area (Å²) in [7, 11) is 0. The first-order valence-electron chi connectivity index (χ1n) is 8.17. The molecule has 120 valence electrons. The summed E-state index contributed by atoms with van der Waals surface area (Å²) in [6, 6.07) is 0. The zero-order valence-electron chi connectivity index (χ0n) is 13.3. The topological polar surface area (TPSA) is 72.5 Å². The molecule has 0 radical (unpaired) electrons. The first kappa shape index (κ1) is 19.4. The van der Waals surface area contributed by atoms with E-state index in [9.17, 15) is 9.90 Å². The second kappa shape index (κ2) is 13.4. The van der Waals surface area contributed by atoms with Gasteiger partial charge in [-0.05, 0) is 25.2 Å². The summed E-state index contributed by atoms with van der Waals surface area (Å²) in [6.45, 7) is 4.38. The fourth-order valence-electron chi connectivity index (χ4n) is 2.50. The van der Waals surface area contributed by atoms with E-state index in [1.165, 1.54) is 25.7 Å². The molecule has 0 fully saturated rings. The largest absolute Gasteiger partial charge is 0.393 e. The van der Waals surface area contributed by atoms with E-state index in [0.29, 0.717) is 12.3 Å². The average Bonchev–Trinajstić information content (AvgIpc) is 2.43. The van der Waals surface area contributed by atoms with Crippen LogP contribution >= 0.6 is 0 Å². The fraction of sp³-hybridized carbons (Fsp3) is 0.938. The molecule has 0 aromatic rings. The van der Waals surface area contributed by atoms with Gasteiger partial charge in [0.05, 0.1) is 6.10 Å². The molecule has 0 rings (SSSR count). The molecule has 2 unspecified atom stereocenters. The van der Waals surface area contributed by atoms with Crippen LogP contribution in [0.3, 0.4) is 0 Å². The summed E-state index contributed by atoms with van der Waals surface area (Å²) < 4.78 is 0. The number of aliphatic hydroxyl groups is 1. The van der Waals surface area contributed by atoms with E-state index in [4.69, 9.17) is 5.90 Å². The van der Waals surface area contributed by atoms with Crippen LogP contribution < -0.4 is 5.90 Å². The Hall–Kier alpha value is -0.610. The molecule has 0 heterocycles. The average molecular weight is 287 g/mol. The maximum absolute atomic E-state index is 10.8. The number of aliphatic hydroxyl groups excluding tert-OH is 1. The predicted octanol–water partition coefficient (Wildman–Crippen LogP) is 3.71.